The van der Waals surface area contributed by atoms with E-state index in [2.05, 4.69) is 11.2 Å². The summed E-state index contributed by atoms with van der Waals surface area (Å²) >= 11 is 0. The van der Waals surface area contributed by atoms with Crippen LogP contribution in [0.4, 0.5) is 8.78 Å². The summed E-state index contributed by atoms with van der Waals surface area (Å²) in [6, 6.07) is 12.3. The summed E-state index contributed by atoms with van der Waals surface area (Å²) in [6.45, 7) is 1.97. The minimum Gasteiger partial charge on any atom is -0.454 e. The topological polar surface area (TPSA) is 101 Å². The molecule has 1 amide bonds. The number of aromatic nitrogens is 1. The maximum Gasteiger partial charge on any atom is 0.254 e. The molecular weight excluding hydrogens is 430 g/mol. The van der Waals surface area contributed by atoms with Crippen molar-refractivity contribution >= 4 is 5.91 Å². The number of primary amides is 1. The monoisotopic (exact) mass is 452 g/mol. The quantitative estimate of drug-likeness (QED) is 0.547. The molecule has 4 rings (SSSR count). The third-order valence-electron chi connectivity index (χ3n) is 4.69. The zero-order chi connectivity index (χ0) is 23.6. The van der Waals surface area contributed by atoms with Gasteiger partial charge in [-0.05, 0) is 67.8 Å². The molecule has 0 saturated carbocycles. The first kappa shape index (κ1) is 23.5. The fourth-order valence-corrected chi connectivity index (χ4v) is 3.03. The largest absolute Gasteiger partial charge is 0.454 e. The second-order valence-corrected chi connectivity index (χ2v) is 7.12. The van der Waals surface area contributed by atoms with Crippen LogP contribution in [0.3, 0.4) is 0 Å². The number of hydrogen-bond acceptors (Lipinski definition) is 6. The van der Waals surface area contributed by atoms with Gasteiger partial charge in [0.1, 0.15) is 22.9 Å². The van der Waals surface area contributed by atoms with Gasteiger partial charge in [-0.1, -0.05) is 0 Å². The van der Waals surface area contributed by atoms with Gasteiger partial charge in [-0.25, -0.2) is 13.8 Å². The van der Waals surface area contributed by atoms with Crippen molar-refractivity contribution in [1.82, 2.24) is 9.88 Å². The molecule has 7 nitrogen and oxygen atoms in total. The minimum absolute atomic E-state index is 0.0771. The first-order chi connectivity index (χ1) is 16.0. The van der Waals surface area contributed by atoms with Crippen LogP contribution in [0.1, 0.15) is 29.6 Å². The van der Waals surface area contributed by atoms with Crippen molar-refractivity contribution in [1.29, 1.82) is 5.26 Å². The van der Waals surface area contributed by atoms with E-state index in [4.69, 9.17) is 20.5 Å². The van der Waals surface area contributed by atoms with Crippen molar-refractivity contribution < 1.29 is 23.0 Å². The number of pyridine rings is 1. The molecule has 0 spiro atoms. The molecule has 33 heavy (non-hydrogen) atoms. The van der Waals surface area contributed by atoms with E-state index in [0.29, 0.717) is 11.5 Å². The van der Waals surface area contributed by atoms with Gasteiger partial charge in [-0.2, -0.15) is 5.26 Å². The Morgan fingerprint density at radius 2 is 1.67 bits per heavy atom. The number of carbonyl (C=O) groups is 1. The van der Waals surface area contributed by atoms with Crippen molar-refractivity contribution in [2.45, 2.75) is 19.3 Å². The van der Waals surface area contributed by atoms with Crippen LogP contribution in [0.25, 0.3) is 0 Å². The van der Waals surface area contributed by atoms with Crippen molar-refractivity contribution in [2.75, 3.05) is 13.1 Å². The minimum atomic E-state index is -0.806. The van der Waals surface area contributed by atoms with Crippen molar-refractivity contribution in [3.63, 3.8) is 0 Å². The highest BCUT2D eigenvalue weighted by Gasteiger charge is 2.11. The average Bonchev–Trinajstić information content (AvgIpc) is 2.83. The van der Waals surface area contributed by atoms with Crippen molar-refractivity contribution in [3.05, 3.63) is 78.0 Å². The van der Waals surface area contributed by atoms with Crippen LogP contribution in [0, 0.1) is 23.1 Å². The van der Waals surface area contributed by atoms with E-state index in [1.807, 2.05) is 4.90 Å². The number of piperidine rings is 1. The number of nitrogens with zero attached hydrogens (tertiary/aromatic N) is 3. The van der Waals surface area contributed by atoms with Gasteiger partial charge in [-0.15, -0.1) is 0 Å². The zero-order valence-electron chi connectivity index (χ0n) is 17.7. The van der Waals surface area contributed by atoms with E-state index >= 15 is 0 Å². The number of ether oxygens (including phenoxy) is 2. The molecule has 1 aromatic heterocycles. The van der Waals surface area contributed by atoms with E-state index in [1.165, 1.54) is 49.7 Å². The summed E-state index contributed by atoms with van der Waals surface area (Å²) in [5.41, 5.74) is 5.41. The molecule has 170 valence electrons. The van der Waals surface area contributed by atoms with Crippen molar-refractivity contribution in [3.8, 4) is 29.3 Å². The average molecular weight is 452 g/mol. The number of rotatable bonds is 5. The van der Waals surface area contributed by atoms with Crippen molar-refractivity contribution in [2.24, 2.45) is 5.73 Å². The lowest BCUT2D eigenvalue weighted by Gasteiger charge is -2.19. The molecule has 2 N–H and O–H groups in total. The number of hydrogen-bond donors (Lipinski definition) is 1. The molecule has 0 radical (unpaired) electrons. The third-order valence-corrected chi connectivity index (χ3v) is 4.69. The van der Waals surface area contributed by atoms with Crippen LogP contribution < -0.4 is 15.2 Å². The van der Waals surface area contributed by atoms with E-state index in [9.17, 15) is 13.6 Å². The second kappa shape index (κ2) is 11.4. The standard InChI is InChI=1S/C18H12F2N2O3.C6H10N2/c19-11-3-8-16(15(20)10-11)24-12-4-6-13(7-5-12)25-18-14(17(21)23)2-1-9-22-18;7-6-8-4-2-1-3-5-8/h1-10H,(H2,21,23);1-5H2. The summed E-state index contributed by atoms with van der Waals surface area (Å²) in [6.07, 6.45) is 7.31. The molecular formula is C24H22F2N4O3. The fourth-order valence-electron chi connectivity index (χ4n) is 3.03. The highest BCUT2D eigenvalue weighted by Crippen LogP contribution is 2.28. The van der Waals surface area contributed by atoms with Gasteiger partial charge in [0.15, 0.2) is 17.8 Å². The molecule has 0 unspecified atom stereocenters. The van der Waals surface area contributed by atoms with E-state index in [-0.39, 0.29) is 17.2 Å². The molecule has 0 aliphatic carbocycles. The van der Waals surface area contributed by atoms with Gasteiger partial charge in [-0.3, -0.25) is 4.79 Å². The lowest BCUT2D eigenvalue weighted by Crippen LogP contribution is -2.24. The molecule has 1 saturated heterocycles. The van der Waals surface area contributed by atoms with Gasteiger partial charge in [0.2, 0.25) is 5.88 Å². The second-order valence-electron chi connectivity index (χ2n) is 7.12. The number of carbonyl (C=O) groups excluding carboxylic acids is 1. The molecule has 9 heteroatoms. The Bertz CT molecular complexity index is 1130. The van der Waals surface area contributed by atoms with Gasteiger partial charge in [0.05, 0.1) is 0 Å². The van der Waals surface area contributed by atoms with Crippen LogP contribution in [-0.2, 0) is 0 Å². The molecule has 1 fully saturated rings. The summed E-state index contributed by atoms with van der Waals surface area (Å²) in [7, 11) is 0. The first-order valence-electron chi connectivity index (χ1n) is 10.3. The Balaban J connectivity index is 0.000000323. The number of nitrogens with two attached hydrogens (primary N) is 1. The smallest absolute Gasteiger partial charge is 0.254 e. The maximum atomic E-state index is 13.6. The Labute approximate surface area is 190 Å². The normalized spacial score (nSPS) is 12.7. The Morgan fingerprint density at radius 3 is 2.24 bits per heavy atom. The third kappa shape index (κ3) is 6.90. The molecule has 2 aromatic carbocycles. The Hall–Kier alpha value is -4.19. The molecule has 0 bridgehead atoms. The molecule has 3 aromatic rings. The lowest BCUT2D eigenvalue weighted by atomic mass is 10.1. The van der Waals surface area contributed by atoms with Crippen LogP contribution in [0.15, 0.2) is 60.8 Å². The summed E-state index contributed by atoms with van der Waals surface area (Å²) in [4.78, 5) is 17.1. The number of benzene rings is 2. The first-order valence-corrected chi connectivity index (χ1v) is 10.3. The molecule has 1 aliphatic heterocycles. The number of amides is 1. The molecule has 0 atom stereocenters. The van der Waals surface area contributed by atoms with Gasteiger partial charge >= 0.3 is 0 Å². The van der Waals surface area contributed by atoms with Crippen LogP contribution in [0.5, 0.6) is 23.1 Å². The molecule has 1 aliphatic rings. The SMILES string of the molecule is N#CN1CCCCC1.NC(=O)c1cccnc1Oc1ccc(Oc2ccc(F)cc2F)cc1. The van der Waals surface area contributed by atoms with Crippen LogP contribution in [-0.4, -0.2) is 28.9 Å². The Kier molecular flexibility index (Phi) is 8.13. The highest BCUT2D eigenvalue weighted by molar-refractivity contribution is 5.95. The van der Waals surface area contributed by atoms with Crippen LogP contribution >= 0.6 is 0 Å². The number of likely N-dealkylation sites (tertiary alicyclic amines) is 1. The van der Waals surface area contributed by atoms with Gasteiger partial charge < -0.3 is 20.1 Å². The fraction of sp³-hybridized carbons (Fsp3) is 0.208. The lowest BCUT2D eigenvalue weighted by molar-refractivity contribution is 0.0997. The van der Waals surface area contributed by atoms with E-state index in [1.54, 1.807) is 18.2 Å². The van der Waals surface area contributed by atoms with E-state index < -0.39 is 17.5 Å². The predicted molar refractivity (Wildman–Crippen MR) is 117 cm³/mol. The highest BCUT2D eigenvalue weighted by atomic mass is 19.1. The number of halogens is 2. The Morgan fingerprint density at radius 1 is 1.00 bits per heavy atom. The van der Waals surface area contributed by atoms with Crippen LogP contribution in [0.2, 0.25) is 0 Å². The number of nitriles is 1. The molecule has 2 heterocycles. The summed E-state index contributed by atoms with van der Waals surface area (Å²) in [5.74, 6) is -1.46. The summed E-state index contributed by atoms with van der Waals surface area (Å²) in [5, 5.41) is 8.37. The zero-order valence-corrected chi connectivity index (χ0v) is 17.7. The van der Waals surface area contributed by atoms with Gasteiger partial charge in [0.25, 0.3) is 5.91 Å². The predicted octanol–water partition coefficient (Wildman–Crippen LogP) is 5.00. The maximum absolute atomic E-state index is 13.6. The summed E-state index contributed by atoms with van der Waals surface area (Å²) < 4.78 is 37.3. The van der Waals surface area contributed by atoms with Gasteiger partial charge in [0, 0.05) is 25.4 Å². The van der Waals surface area contributed by atoms with E-state index in [0.717, 1.165) is 25.2 Å².